The van der Waals surface area contributed by atoms with Crippen molar-refractivity contribution in [2.24, 2.45) is 0 Å². The SMILES string of the molecule is COC(C(=O)N(C)OC)c1ccc(-n2ccnn2)cc1.COC(C(=O)O)c1ccc(-n2ccnn2)cc1. The average Bonchev–Trinajstić information content (AvgIpc) is 3.65. The van der Waals surface area contributed by atoms with Gasteiger partial charge in [-0.2, -0.15) is 0 Å². The van der Waals surface area contributed by atoms with E-state index in [9.17, 15) is 9.59 Å². The van der Waals surface area contributed by atoms with Crippen molar-refractivity contribution in [1.82, 2.24) is 35.1 Å². The maximum Gasteiger partial charge on any atom is 0.337 e. The summed E-state index contributed by atoms with van der Waals surface area (Å²) in [5.41, 5.74) is 2.99. The molecule has 0 bridgehead atoms. The number of methoxy groups -OCH3 is 2. The van der Waals surface area contributed by atoms with E-state index in [1.165, 1.54) is 28.4 Å². The molecule has 2 unspecified atom stereocenters. The van der Waals surface area contributed by atoms with Gasteiger partial charge in [-0.05, 0) is 35.4 Å². The predicted molar refractivity (Wildman–Crippen MR) is 130 cm³/mol. The minimum absolute atomic E-state index is 0.275. The van der Waals surface area contributed by atoms with Crippen LogP contribution in [-0.4, -0.2) is 80.4 Å². The summed E-state index contributed by atoms with van der Waals surface area (Å²) in [4.78, 5) is 27.8. The van der Waals surface area contributed by atoms with E-state index in [0.717, 1.165) is 22.0 Å². The lowest BCUT2D eigenvalue weighted by Crippen LogP contribution is -2.31. The molecule has 0 spiro atoms. The molecule has 13 nitrogen and oxygen atoms in total. The van der Waals surface area contributed by atoms with Crippen LogP contribution in [0.25, 0.3) is 11.4 Å². The molecule has 37 heavy (non-hydrogen) atoms. The van der Waals surface area contributed by atoms with Gasteiger partial charge in [0.2, 0.25) is 0 Å². The highest BCUT2D eigenvalue weighted by Gasteiger charge is 2.24. The molecule has 0 aliphatic heterocycles. The van der Waals surface area contributed by atoms with Crippen molar-refractivity contribution in [1.29, 1.82) is 0 Å². The Morgan fingerprint density at radius 3 is 1.54 bits per heavy atom. The Balaban J connectivity index is 0.000000208. The van der Waals surface area contributed by atoms with E-state index in [0.29, 0.717) is 5.56 Å². The van der Waals surface area contributed by atoms with Gasteiger partial charge in [-0.1, -0.05) is 34.7 Å². The van der Waals surface area contributed by atoms with Crippen LogP contribution in [0.5, 0.6) is 0 Å². The van der Waals surface area contributed by atoms with Crippen LogP contribution in [0.2, 0.25) is 0 Å². The average molecular weight is 510 g/mol. The van der Waals surface area contributed by atoms with Crippen molar-refractivity contribution in [3.63, 3.8) is 0 Å². The number of hydrogen-bond donors (Lipinski definition) is 1. The van der Waals surface area contributed by atoms with Gasteiger partial charge in [-0.3, -0.25) is 9.63 Å². The molecular weight excluding hydrogens is 482 g/mol. The zero-order valence-corrected chi connectivity index (χ0v) is 20.7. The first-order valence-electron chi connectivity index (χ1n) is 10.9. The minimum Gasteiger partial charge on any atom is -0.479 e. The van der Waals surface area contributed by atoms with E-state index in [2.05, 4.69) is 20.6 Å². The lowest BCUT2D eigenvalue weighted by molar-refractivity contribution is -0.179. The van der Waals surface area contributed by atoms with E-state index in [1.807, 2.05) is 24.3 Å². The first kappa shape index (κ1) is 27.1. The topological polar surface area (TPSA) is 147 Å². The van der Waals surface area contributed by atoms with Crippen molar-refractivity contribution in [3.05, 3.63) is 84.4 Å². The molecule has 2 atom stereocenters. The number of aromatic nitrogens is 6. The first-order chi connectivity index (χ1) is 17.9. The van der Waals surface area contributed by atoms with Crippen molar-refractivity contribution in [3.8, 4) is 11.4 Å². The molecule has 2 aromatic heterocycles. The van der Waals surface area contributed by atoms with Crippen molar-refractivity contribution < 1.29 is 29.0 Å². The number of ether oxygens (including phenoxy) is 2. The highest BCUT2D eigenvalue weighted by Crippen LogP contribution is 2.21. The van der Waals surface area contributed by atoms with Crippen LogP contribution in [-0.2, 0) is 23.9 Å². The largest absolute Gasteiger partial charge is 0.479 e. The van der Waals surface area contributed by atoms with Crippen molar-refractivity contribution in [2.45, 2.75) is 12.2 Å². The van der Waals surface area contributed by atoms with Crippen LogP contribution in [0.3, 0.4) is 0 Å². The zero-order valence-electron chi connectivity index (χ0n) is 20.7. The smallest absolute Gasteiger partial charge is 0.337 e. The second-order valence-electron chi connectivity index (χ2n) is 7.47. The third-order valence-corrected chi connectivity index (χ3v) is 5.27. The summed E-state index contributed by atoms with van der Waals surface area (Å²) >= 11 is 0. The van der Waals surface area contributed by atoms with Crippen LogP contribution in [0.15, 0.2) is 73.3 Å². The van der Waals surface area contributed by atoms with Crippen molar-refractivity contribution in [2.75, 3.05) is 28.4 Å². The molecule has 4 rings (SSSR count). The quantitative estimate of drug-likeness (QED) is 0.332. The molecule has 0 saturated heterocycles. The van der Waals surface area contributed by atoms with E-state index in [4.69, 9.17) is 19.4 Å². The number of benzene rings is 2. The third kappa shape index (κ3) is 6.82. The monoisotopic (exact) mass is 509 g/mol. The number of aliphatic carboxylic acids is 1. The van der Waals surface area contributed by atoms with E-state index in [-0.39, 0.29) is 5.91 Å². The number of carboxylic acids is 1. The number of amides is 1. The minimum atomic E-state index is -1.01. The van der Waals surface area contributed by atoms with Crippen molar-refractivity contribution >= 4 is 11.9 Å². The van der Waals surface area contributed by atoms with Crippen LogP contribution < -0.4 is 0 Å². The standard InChI is InChI=1S/C13H16N4O3.C11H11N3O3/c1-16(20-3)13(18)12(19-2)10-4-6-11(7-5-10)17-9-8-14-15-17;1-17-10(11(15)16)8-2-4-9(5-3-8)14-7-6-12-13-14/h4-9,12H,1-3H3;2-7,10H,1H3,(H,15,16). The first-order valence-corrected chi connectivity index (χ1v) is 10.9. The van der Waals surface area contributed by atoms with Gasteiger partial charge in [0.05, 0.1) is 43.3 Å². The molecule has 13 heteroatoms. The molecule has 1 N–H and O–H groups in total. The third-order valence-electron chi connectivity index (χ3n) is 5.27. The van der Waals surface area contributed by atoms with Gasteiger partial charge in [0.25, 0.3) is 5.91 Å². The van der Waals surface area contributed by atoms with Gasteiger partial charge in [-0.25, -0.2) is 19.2 Å². The molecule has 2 heterocycles. The van der Waals surface area contributed by atoms with Gasteiger partial charge < -0.3 is 14.6 Å². The van der Waals surface area contributed by atoms with Crippen LogP contribution in [0.4, 0.5) is 0 Å². The molecule has 0 aliphatic carbocycles. The Hall–Kier alpha value is -4.46. The summed E-state index contributed by atoms with van der Waals surface area (Å²) in [5, 5.41) is 25.2. The zero-order chi connectivity index (χ0) is 26.8. The highest BCUT2D eigenvalue weighted by molar-refractivity contribution is 5.81. The fourth-order valence-corrected chi connectivity index (χ4v) is 3.31. The summed E-state index contributed by atoms with van der Waals surface area (Å²) in [6.45, 7) is 0. The van der Waals surface area contributed by atoms with Gasteiger partial charge in [-0.15, -0.1) is 10.2 Å². The summed E-state index contributed by atoms with van der Waals surface area (Å²) < 4.78 is 13.4. The molecule has 0 fully saturated rings. The molecule has 0 radical (unpaired) electrons. The molecule has 0 saturated carbocycles. The highest BCUT2D eigenvalue weighted by atomic mass is 16.7. The molecule has 1 amide bonds. The number of carbonyl (C=O) groups is 2. The predicted octanol–water partition coefficient (Wildman–Crippen LogP) is 2.01. The maximum atomic E-state index is 12.1. The number of likely N-dealkylation sites (N-methyl/N-ethyl adjacent to an activating group) is 1. The maximum absolute atomic E-state index is 12.1. The van der Waals surface area contributed by atoms with Gasteiger partial charge in [0, 0.05) is 21.3 Å². The number of carbonyl (C=O) groups excluding carboxylic acids is 1. The van der Waals surface area contributed by atoms with E-state index < -0.39 is 18.2 Å². The molecule has 2 aromatic carbocycles. The van der Waals surface area contributed by atoms with Crippen LogP contribution >= 0.6 is 0 Å². The Morgan fingerprint density at radius 1 is 0.784 bits per heavy atom. The summed E-state index contributed by atoms with van der Waals surface area (Å²) in [6, 6.07) is 14.2. The Bertz CT molecular complexity index is 1250. The molecule has 0 aliphatic rings. The number of rotatable bonds is 9. The second kappa shape index (κ2) is 13.0. The molecule has 4 aromatic rings. The summed E-state index contributed by atoms with van der Waals surface area (Å²) in [5.74, 6) is -1.29. The van der Waals surface area contributed by atoms with Crippen LogP contribution in [0, 0.1) is 0 Å². The van der Waals surface area contributed by atoms with Gasteiger partial charge >= 0.3 is 5.97 Å². The van der Waals surface area contributed by atoms with E-state index in [1.54, 1.807) is 58.4 Å². The Kier molecular flexibility index (Phi) is 9.55. The lowest BCUT2D eigenvalue weighted by Gasteiger charge is -2.21. The fraction of sp³-hybridized carbons (Fsp3) is 0.250. The lowest BCUT2D eigenvalue weighted by atomic mass is 10.1. The fourth-order valence-electron chi connectivity index (χ4n) is 3.31. The summed E-state index contributed by atoms with van der Waals surface area (Å²) in [6.07, 6.45) is 4.98. The number of hydroxylamine groups is 2. The van der Waals surface area contributed by atoms with Crippen LogP contribution in [0.1, 0.15) is 23.3 Å². The van der Waals surface area contributed by atoms with E-state index >= 15 is 0 Å². The molecule has 194 valence electrons. The molecular formula is C24H27N7O6. The normalized spacial score (nSPS) is 12.2. The number of nitrogens with zero attached hydrogens (tertiary/aromatic N) is 7. The Morgan fingerprint density at radius 2 is 1.22 bits per heavy atom. The number of carboxylic acid groups (broad SMARTS) is 1. The summed E-state index contributed by atoms with van der Waals surface area (Å²) in [7, 11) is 5.82. The van der Waals surface area contributed by atoms with Gasteiger partial charge in [0.15, 0.2) is 12.2 Å². The van der Waals surface area contributed by atoms with Gasteiger partial charge in [0.1, 0.15) is 0 Å². The number of hydrogen-bond acceptors (Lipinski definition) is 9. The second-order valence-corrected chi connectivity index (χ2v) is 7.47. The Labute approximate surface area is 212 Å².